The maximum absolute atomic E-state index is 11.5. The fourth-order valence-electron chi connectivity index (χ4n) is 2.57. The Bertz CT molecular complexity index is 264. The molecule has 5 heteroatoms. The summed E-state index contributed by atoms with van der Waals surface area (Å²) in [5.74, 6) is 1.04. The normalized spacial score (nSPS) is 17.4. The van der Waals surface area contributed by atoms with Gasteiger partial charge < -0.3 is 19.9 Å². The summed E-state index contributed by atoms with van der Waals surface area (Å²) >= 11 is 0. The van der Waals surface area contributed by atoms with Gasteiger partial charge in [-0.05, 0) is 51.4 Å². The number of piperidine rings is 1. The third-order valence-corrected chi connectivity index (χ3v) is 3.99. The Labute approximate surface area is 123 Å². The van der Waals surface area contributed by atoms with Crippen LogP contribution in [0.15, 0.2) is 0 Å². The average Bonchev–Trinajstić information content (AvgIpc) is 2.45. The van der Waals surface area contributed by atoms with E-state index in [1.54, 1.807) is 12.0 Å². The highest BCUT2D eigenvalue weighted by Gasteiger charge is 2.18. The second-order valence-electron chi connectivity index (χ2n) is 5.87. The van der Waals surface area contributed by atoms with E-state index in [2.05, 4.69) is 10.2 Å². The molecule has 1 heterocycles. The molecule has 0 aromatic carbocycles. The monoisotopic (exact) mass is 285 g/mol. The van der Waals surface area contributed by atoms with Crippen LogP contribution in [0.1, 0.15) is 25.7 Å². The molecule has 0 unspecified atom stereocenters. The summed E-state index contributed by atoms with van der Waals surface area (Å²) in [5.41, 5.74) is 0. The van der Waals surface area contributed by atoms with Crippen molar-refractivity contribution in [2.45, 2.75) is 25.7 Å². The second-order valence-corrected chi connectivity index (χ2v) is 5.87. The molecule has 0 radical (unpaired) electrons. The van der Waals surface area contributed by atoms with Crippen LogP contribution in [0.25, 0.3) is 0 Å². The van der Waals surface area contributed by atoms with Crippen LogP contribution in [0.5, 0.6) is 0 Å². The molecule has 0 bridgehead atoms. The van der Waals surface area contributed by atoms with Crippen molar-refractivity contribution in [1.82, 2.24) is 15.1 Å². The summed E-state index contributed by atoms with van der Waals surface area (Å²) in [6.07, 6.45) is 4.18. The van der Waals surface area contributed by atoms with Gasteiger partial charge in [-0.15, -0.1) is 0 Å². The minimum atomic E-state index is 0.238. The van der Waals surface area contributed by atoms with Crippen molar-refractivity contribution in [2.24, 2.45) is 5.92 Å². The van der Waals surface area contributed by atoms with Crippen molar-refractivity contribution in [3.05, 3.63) is 0 Å². The lowest BCUT2D eigenvalue weighted by atomic mass is 9.96. The van der Waals surface area contributed by atoms with Gasteiger partial charge in [0.2, 0.25) is 5.91 Å². The van der Waals surface area contributed by atoms with Gasteiger partial charge in [-0.1, -0.05) is 0 Å². The Morgan fingerprint density at radius 2 is 2.05 bits per heavy atom. The molecule has 0 spiro atoms. The zero-order valence-corrected chi connectivity index (χ0v) is 13.4. The van der Waals surface area contributed by atoms with Gasteiger partial charge in [0.1, 0.15) is 0 Å². The number of hydrogen-bond donors (Lipinski definition) is 1. The first-order valence-electron chi connectivity index (χ1n) is 7.75. The molecule has 1 N–H and O–H groups in total. The minimum Gasteiger partial charge on any atom is -0.383 e. The van der Waals surface area contributed by atoms with Crippen LogP contribution in [0, 0.1) is 5.92 Å². The van der Waals surface area contributed by atoms with Crippen molar-refractivity contribution in [3.8, 4) is 0 Å². The number of nitrogens with zero attached hydrogens (tertiary/aromatic N) is 2. The van der Waals surface area contributed by atoms with Crippen molar-refractivity contribution < 1.29 is 9.53 Å². The maximum atomic E-state index is 11.5. The van der Waals surface area contributed by atoms with Gasteiger partial charge in [-0.2, -0.15) is 0 Å². The molecule has 5 nitrogen and oxygen atoms in total. The molecular weight excluding hydrogens is 254 g/mol. The van der Waals surface area contributed by atoms with Gasteiger partial charge >= 0.3 is 0 Å². The number of carbonyl (C=O) groups excluding carboxylic acids is 1. The molecule has 1 amide bonds. The molecule has 1 fully saturated rings. The van der Waals surface area contributed by atoms with E-state index >= 15 is 0 Å². The Kier molecular flexibility index (Phi) is 8.82. The van der Waals surface area contributed by atoms with Crippen LogP contribution in [0.4, 0.5) is 0 Å². The quantitative estimate of drug-likeness (QED) is 0.637. The van der Waals surface area contributed by atoms with E-state index in [1.807, 2.05) is 14.1 Å². The van der Waals surface area contributed by atoms with Crippen LogP contribution < -0.4 is 5.32 Å². The number of nitrogens with one attached hydrogen (secondary N) is 1. The first-order valence-corrected chi connectivity index (χ1v) is 7.75. The van der Waals surface area contributed by atoms with Crippen LogP contribution >= 0.6 is 0 Å². The molecule has 1 rings (SSSR count). The smallest absolute Gasteiger partial charge is 0.222 e. The standard InChI is InChI=1S/C15H31N3O2/c1-17(2)15(19)5-4-9-18-10-6-14(7-11-18)13-16-8-12-20-3/h14,16H,4-13H2,1-3H3. The van der Waals surface area contributed by atoms with E-state index in [0.717, 1.165) is 38.6 Å². The molecule has 20 heavy (non-hydrogen) atoms. The molecule has 0 aliphatic carbocycles. The molecule has 118 valence electrons. The van der Waals surface area contributed by atoms with Crippen LogP contribution in [-0.4, -0.2) is 76.2 Å². The lowest BCUT2D eigenvalue weighted by Crippen LogP contribution is -2.38. The van der Waals surface area contributed by atoms with Crippen molar-refractivity contribution in [2.75, 3.05) is 60.5 Å². The van der Waals surface area contributed by atoms with Gasteiger partial charge in [0.25, 0.3) is 0 Å². The fraction of sp³-hybridized carbons (Fsp3) is 0.933. The third kappa shape index (κ3) is 7.22. The number of likely N-dealkylation sites (tertiary alicyclic amines) is 1. The number of ether oxygens (including phenoxy) is 1. The highest BCUT2D eigenvalue weighted by Crippen LogP contribution is 2.16. The van der Waals surface area contributed by atoms with Gasteiger partial charge in [0.05, 0.1) is 6.61 Å². The second kappa shape index (κ2) is 10.1. The lowest BCUT2D eigenvalue weighted by molar-refractivity contribution is -0.128. The Morgan fingerprint density at radius 1 is 1.35 bits per heavy atom. The van der Waals surface area contributed by atoms with E-state index in [4.69, 9.17) is 4.74 Å². The van der Waals surface area contributed by atoms with E-state index in [9.17, 15) is 4.79 Å². The number of amides is 1. The van der Waals surface area contributed by atoms with Crippen LogP contribution in [0.3, 0.4) is 0 Å². The van der Waals surface area contributed by atoms with E-state index in [-0.39, 0.29) is 5.91 Å². The van der Waals surface area contributed by atoms with Crippen LogP contribution in [-0.2, 0) is 9.53 Å². The predicted octanol–water partition coefficient (Wildman–Crippen LogP) is 0.803. The van der Waals surface area contributed by atoms with Crippen molar-refractivity contribution >= 4 is 5.91 Å². The first kappa shape index (κ1) is 17.4. The zero-order valence-electron chi connectivity index (χ0n) is 13.4. The summed E-state index contributed by atoms with van der Waals surface area (Å²) < 4.78 is 5.03. The first-order chi connectivity index (χ1) is 9.63. The topological polar surface area (TPSA) is 44.8 Å². The number of carbonyl (C=O) groups is 1. The summed E-state index contributed by atoms with van der Waals surface area (Å²) in [5, 5.41) is 3.45. The summed E-state index contributed by atoms with van der Waals surface area (Å²) in [7, 11) is 5.38. The molecule has 0 aromatic rings. The molecular formula is C15H31N3O2. The number of hydrogen-bond acceptors (Lipinski definition) is 4. The Balaban J connectivity index is 2.03. The zero-order chi connectivity index (χ0) is 14.8. The van der Waals surface area contributed by atoms with E-state index < -0.39 is 0 Å². The number of rotatable bonds is 9. The Morgan fingerprint density at radius 3 is 2.65 bits per heavy atom. The van der Waals surface area contributed by atoms with E-state index in [0.29, 0.717) is 6.42 Å². The highest BCUT2D eigenvalue weighted by molar-refractivity contribution is 5.75. The van der Waals surface area contributed by atoms with Crippen molar-refractivity contribution in [1.29, 1.82) is 0 Å². The summed E-state index contributed by atoms with van der Waals surface area (Å²) in [4.78, 5) is 15.7. The lowest BCUT2D eigenvalue weighted by Gasteiger charge is -2.32. The van der Waals surface area contributed by atoms with E-state index in [1.165, 1.54) is 25.9 Å². The SMILES string of the molecule is COCCNCC1CCN(CCCC(=O)N(C)C)CC1. The molecule has 1 saturated heterocycles. The maximum Gasteiger partial charge on any atom is 0.222 e. The molecule has 0 aromatic heterocycles. The summed E-state index contributed by atoms with van der Waals surface area (Å²) in [6, 6.07) is 0. The molecule has 0 saturated carbocycles. The van der Waals surface area contributed by atoms with Gasteiger partial charge in [-0.25, -0.2) is 0 Å². The predicted molar refractivity (Wildman–Crippen MR) is 81.8 cm³/mol. The summed E-state index contributed by atoms with van der Waals surface area (Å²) in [6.45, 7) is 6.25. The fourth-order valence-corrected chi connectivity index (χ4v) is 2.57. The largest absolute Gasteiger partial charge is 0.383 e. The number of methoxy groups -OCH3 is 1. The van der Waals surface area contributed by atoms with Crippen molar-refractivity contribution in [3.63, 3.8) is 0 Å². The van der Waals surface area contributed by atoms with Gasteiger partial charge in [-0.3, -0.25) is 4.79 Å². The third-order valence-electron chi connectivity index (χ3n) is 3.99. The minimum absolute atomic E-state index is 0.238. The van der Waals surface area contributed by atoms with Gasteiger partial charge in [0, 0.05) is 34.2 Å². The highest BCUT2D eigenvalue weighted by atomic mass is 16.5. The molecule has 1 aliphatic heterocycles. The average molecular weight is 285 g/mol. The molecule has 0 atom stereocenters. The molecule has 1 aliphatic rings. The van der Waals surface area contributed by atoms with Crippen LogP contribution in [0.2, 0.25) is 0 Å². The Hall–Kier alpha value is -0.650. The van der Waals surface area contributed by atoms with Gasteiger partial charge in [0.15, 0.2) is 0 Å².